The van der Waals surface area contributed by atoms with Crippen LogP contribution < -0.4 is 10.1 Å². The van der Waals surface area contributed by atoms with E-state index >= 15 is 0 Å². The van der Waals surface area contributed by atoms with E-state index in [1.54, 1.807) is 31.2 Å². The van der Waals surface area contributed by atoms with Crippen LogP contribution in [0, 0.1) is 11.3 Å². The number of ether oxygens (including phenoxy) is 1. The van der Waals surface area contributed by atoms with Gasteiger partial charge in [0, 0.05) is 11.1 Å². The number of rotatable bonds is 4. The number of amides is 1. The molecular weight excluding hydrogens is 324 g/mol. The average Bonchev–Trinajstić information content (AvgIpc) is 3.09. The van der Waals surface area contributed by atoms with E-state index in [1.165, 1.54) is 16.5 Å². The molecule has 0 spiro atoms. The Kier molecular flexibility index (Phi) is 4.06. The molecule has 1 atom stereocenters. The zero-order valence-corrected chi connectivity index (χ0v) is 14.5. The van der Waals surface area contributed by atoms with E-state index < -0.39 is 6.10 Å². The number of hydrogen-bond donors (Lipinski definition) is 1. The standard InChI is InChI=1S/C22H18N2O2/c1-14(26-18-10-5-15(13-23)6-11-18)22(25)24-20-12-9-17-8-7-16-3-2-4-19(20)21(16)17/h2-6,9-12,14H,7-8H2,1H3,(H,24,25)/t14-/m0/s1. The summed E-state index contributed by atoms with van der Waals surface area (Å²) in [6, 6.07) is 19.1. The zero-order valence-electron chi connectivity index (χ0n) is 14.5. The molecule has 1 N–H and O–H groups in total. The van der Waals surface area contributed by atoms with Gasteiger partial charge in [-0.2, -0.15) is 5.26 Å². The molecule has 0 radical (unpaired) electrons. The highest BCUT2D eigenvalue weighted by Crippen LogP contribution is 2.35. The average molecular weight is 342 g/mol. The summed E-state index contributed by atoms with van der Waals surface area (Å²) in [5, 5.41) is 14.2. The number of carbonyl (C=O) groups is 1. The van der Waals surface area contributed by atoms with Gasteiger partial charge in [0.15, 0.2) is 6.10 Å². The smallest absolute Gasteiger partial charge is 0.265 e. The van der Waals surface area contributed by atoms with E-state index in [4.69, 9.17) is 10.00 Å². The van der Waals surface area contributed by atoms with Crippen LogP contribution in [0.4, 0.5) is 5.69 Å². The molecule has 4 nitrogen and oxygen atoms in total. The van der Waals surface area contributed by atoms with Gasteiger partial charge < -0.3 is 10.1 Å². The molecule has 0 aromatic heterocycles. The molecule has 0 fully saturated rings. The lowest BCUT2D eigenvalue weighted by Gasteiger charge is -2.16. The molecule has 0 bridgehead atoms. The van der Waals surface area contributed by atoms with E-state index in [1.807, 2.05) is 12.1 Å². The van der Waals surface area contributed by atoms with Crippen LogP contribution in [0.5, 0.6) is 5.75 Å². The highest BCUT2D eigenvalue weighted by Gasteiger charge is 2.19. The number of hydrogen-bond acceptors (Lipinski definition) is 3. The third kappa shape index (κ3) is 2.89. The largest absolute Gasteiger partial charge is 0.481 e. The number of carbonyl (C=O) groups excluding carboxylic acids is 1. The van der Waals surface area contributed by atoms with Crippen LogP contribution in [0.3, 0.4) is 0 Å². The van der Waals surface area contributed by atoms with Crippen molar-refractivity contribution < 1.29 is 9.53 Å². The molecule has 3 aromatic rings. The van der Waals surface area contributed by atoms with E-state index in [9.17, 15) is 4.79 Å². The van der Waals surface area contributed by atoms with Gasteiger partial charge in [0.1, 0.15) is 5.75 Å². The predicted octanol–water partition coefficient (Wildman–Crippen LogP) is 4.22. The summed E-state index contributed by atoms with van der Waals surface area (Å²) in [7, 11) is 0. The first-order chi connectivity index (χ1) is 12.7. The zero-order chi connectivity index (χ0) is 18.1. The van der Waals surface area contributed by atoms with Gasteiger partial charge in [0.25, 0.3) is 5.91 Å². The molecule has 0 heterocycles. The van der Waals surface area contributed by atoms with Gasteiger partial charge in [0.2, 0.25) is 0 Å². The molecule has 0 aliphatic heterocycles. The fraction of sp³-hybridized carbons (Fsp3) is 0.182. The number of anilines is 1. The first kappa shape index (κ1) is 16.2. The van der Waals surface area contributed by atoms with Gasteiger partial charge in [-0.3, -0.25) is 4.79 Å². The Morgan fingerprint density at radius 3 is 2.54 bits per heavy atom. The van der Waals surface area contributed by atoms with Crippen LogP contribution in [0.1, 0.15) is 23.6 Å². The van der Waals surface area contributed by atoms with Crippen molar-refractivity contribution in [3.63, 3.8) is 0 Å². The predicted molar refractivity (Wildman–Crippen MR) is 101 cm³/mol. The van der Waals surface area contributed by atoms with Crippen molar-refractivity contribution in [2.45, 2.75) is 25.9 Å². The van der Waals surface area contributed by atoms with E-state index in [0.717, 1.165) is 23.9 Å². The molecule has 128 valence electrons. The number of nitriles is 1. The van der Waals surface area contributed by atoms with Crippen LogP contribution in [-0.4, -0.2) is 12.0 Å². The second-order valence-corrected chi connectivity index (χ2v) is 6.50. The summed E-state index contributed by atoms with van der Waals surface area (Å²) in [6.07, 6.45) is 1.47. The van der Waals surface area contributed by atoms with Crippen molar-refractivity contribution in [3.8, 4) is 11.8 Å². The molecule has 1 aliphatic carbocycles. The molecule has 1 amide bonds. The Labute approximate surface area is 152 Å². The monoisotopic (exact) mass is 342 g/mol. The summed E-state index contributed by atoms with van der Waals surface area (Å²) in [5.74, 6) is 0.361. The van der Waals surface area contributed by atoms with Gasteiger partial charge in [-0.25, -0.2) is 0 Å². The maximum absolute atomic E-state index is 12.6. The Morgan fingerprint density at radius 1 is 1.08 bits per heavy atom. The molecule has 26 heavy (non-hydrogen) atoms. The summed E-state index contributed by atoms with van der Waals surface area (Å²) in [5.41, 5.74) is 4.06. The lowest BCUT2D eigenvalue weighted by atomic mass is 10.0. The summed E-state index contributed by atoms with van der Waals surface area (Å²) >= 11 is 0. The molecule has 3 aromatic carbocycles. The fourth-order valence-corrected chi connectivity index (χ4v) is 3.46. The van der Waals surface area contributed by atoms with E-state index in [-0.39, 0.29) is 5.91 Å². The summed E-state index contributed by atoms with van der Waals surface area (Å²) < 4.78 is 5.70. The summed E-state index contributed by atoms with van der Waals surface area (Å²) in [6.45, 7) is 1.72. The van der Waals surface area contributed by atoms with Crippen LogP contribution in [0.2, 0.25) is 0 Å². The van der Waals surface area contributed by atoms with Crippen LogP contribution in [0.15, 0.2) is 54.6 Å². The van der Waals surface area contributed by atoms with Crippen molar-refractivity contribution in [2.75, 3.05) is 5.32 Å². The van der Waals surface area contributed by atoms with Gasteiger partial charge in [-0.1, -0.05) is 24.3 Å². The Morgan fingerprint density at radius 2 is 1.81 bits per heavy atom. The van der Waals surface area contributed by atoms with Crippen LogP contribution in [0.25, 0.3) is 10.8 Å². The van der Waals surface area contributed by atoms with Gasteiger partial charge in [-0.05, 0) is 66.6 Å². The highest BCUT2D eigenvalue weighted by atomic mass is 16.5. The van der Waals surface area contributed by atoms with Crippen molar-refractivity contribution in [2.24, 2.45) is 0 Å². The minimum absolute atomic E-state index is 0.201. The molecular formula is C22H18N2O2. The van der Waals surface area contributed by atoms with Crippen molar-refractivity contribution in [1.82, 2.24) is 0 Å². The van der Waals surface area contributed by atoms with E-state index in [2.05, 4.69) is 29.6 Å². The second-order valence-electron chi connectivity index (χ2n) is 6.50. The topological polar surface area (TPSA) is 62.1 Å². The lowest BCUT2D eigenvalue weighted by molar-refractivity contribution is -0.122. The third-order valence-corrected chi connectivity index (χ3v) is 4.80. The first-order valence-corrected chi connectivity index (χ1v) is 8.67. The normalized spacial score (nSPS) is 13.2. The number of nitrogens with one attached hydrogen (secondary N) is 1. The SMILES string of the molecule is C[C@H](Oc1ccc(C#N)cc1)C(=O)Nc1ccc2c3c(cccc13)CC2. The first-order valence-electron chi connectivity index (χ1n) is 8.67. The maximum atomic E-state index is 12.6. The molecule has 0 saturated heterocycles. The van der Waals surface area contributed by atoms with Gasteiger partial charge in [-0.15, -0.1) is 0 Å². The number of nitrogens with zero attached hydrogens (tertiary/aromatic N) is 1. The molecule has 1 aliphatic rings. The highest BCUT2D eigenvalue weighted by molar-refractivity contribution is 6.06. The van der Waals surface area contributed by atoms with Crippen LogP contribution >= 0.6 is 0 Å². The fourth-order valence-electron chi connectivity index (χ4n) is 3.46. The Balaban J connectivity index is 1.53. The second kappa shape index (κ2) is 6.53. The lowest BCUT2D eigenvalue weighted by Crippen LogP contribution is -2.30. The van der Waals surface area contributed by atoms with Crippen molar-refractivity contribution in [1.29, 1.82) is 5.26 Å². The quantitative estimate of drug-likeness (QED) is 0.772. The molecule has 0 saturated carbocycles. The Bertz CT molecular complexity index is 1020. The van der Waals surface area contributed by atoms with Gasteiger partial charge >= 0.3 is 0 Å². The van der Waals surface area contributed by atoms with E-state index in [0.29, 0.717) is 11.3 Å². The number of aryl methyl sites for hydroxylation is 2. The third-order valence-electron chi connectivity index (χ3n) is 4.80. The van der Waals surface area contributed by atoms with Crippen LogP contribution in [-0.2, 0) is 17.6 Å². The Hall–Kier alpha value is -3.32. The maximum Gasteiger partial charge on any atom is 0.265 e. The van der Waals surface area contributed by atoms with Crippen molar-refractivity contribution >= 4 is 22.4 Å². The van der Waals surface area contributed by atoms with Crippen molar-refractivity contribution in [3.05, 3.63) is 71.3 Å². The molecule has 4 heteroatoms. The van der Waals surface area contributed by atoms with Gasteiger partial charge in [0.05, 0.1) is 11.6 Å². The number of benzene rings is 3. The summed E-state index contributed by atoms with van der Waals surface area (Å²) in [4.78, 5) is 12.6. The minimum atomic E-state index is -0.647. The minimum Gasteiger partial charge on any atom is -0.481 e. The molecule has 0 unspecified atom stereocenters. The molecule has 4 rings (SSSR count).